The van der Waals surface area contributed by atoms with Crippen molar-refractivity contribution in [2.75, 3.05) is 0 Å². The molecule has 0 aliphatic carbocycles. The number of aromatic nitrogens is 4. The fourth-order valence-corrected chi connectivity index (χ4v) is 3.45. The van der Waals surface area contributed by atoms with Gasteiger partial charge in [0, 0.05) is 10.9 Å². The van der Waals surface area contributed by atoms with E-state index in [0.717, 1.165) is 11.3 Å². The maximum Gasteiger partial charge on any atom is 0.261 e. The highest BCUT2D eigenvalue weighted by atomic mass is 32.1. The molecule has 114 valence electrons. The minimum atomic E-state index is -0.120. The van der Waals surface area contributed by atoms with E-state index in [0.29, 0.717) is 16.3 Å². The smallest absolute Gasteiger partial charge is 0.261 e. The second-order valence-electron chi connectivity index (χ2n) is 4.78. The second kappa shape index (κ2) is 5.90. The molecule has 4 aromatic rings. The summed E-state index contributed by atoms with van der Waals surface area (Å²) in [5, 5.41) is 21.5. The fraction of sp³-hybridized carbons (Fsp3) is 0.0667. The Morgan fingerprint density at radius 2 is 2.13 bits per heavy atom. The highest BCUT2D eigenvalue weighted by Crippen LogP contribution is 2.20. The number of nitrogens with one attached hydrogen (secondary N) is 1. The van der Waals surface area contributed by atoms with Gasteiger partial charge in [0.25, 0.3) is 5.91 Å². The Bertz CT molecular complexity index is 944. The zero-order valence-corrected chi connectivity index (χ0v) is 13.5. The van der Waals surface area contributed by atoms with Crippen molar-refractivity contribution < 1.29 is 4.79 Å². The first-order valence-corrected chi connectivity index (χ1v) is 8.69. The maximum absolute atomic E-state index is 12.0. The van der Waals surface area contributed by atoms with Gasteiger partial charge in [0.1, 0.15) is 0 Å². The van der Waals surface area contributed by atoms with Gasteiger partial charge in [0.05, 0.1) is 17.1 Å². The maximum atomic E-state index is 12.0. The second-order valence-corrected chi connectivity index (χ2v) is 6.50. The molecule has 0 aliphatic rings. The van der Waals surface area contributed by atoms with E-state index < -0.39 is 0 Å². The monoisotopic (exact) mass is 341 g/mol. The van der Waals surface area contributed by atoms with Crippen molar-refractivity contribution in [3.05, 3.63) is 57.2 Å². The van der Waals surface area contributed by atoms with Gasteiger partial charge in [-0.1, -0.05) is 6.07 Å². The molecule has 0 aromatic carbocycles. The van der Waals surface area contributed by atoms with E-state index in [-0.39, 0.29) is 12.5 Å². The van der Waals surface area contributed by atoms with Crippen molar-refractivity contribution in [3.8, 4) is 11.3 Å². The highest BCUT2D eigenvalue weighted by molar-refractivity contribution is 7.12. The number of thiophene rings is 2. The average molecular weight is 341 g/mol. The SMILES string of the molecule is O=C(NCc1nnc2ccc(-c3ccsc3)nn12)c1cccs1. The van der Waals surface area contributed by atoms with E-state index in [1.54, 1.807) is 21.9 Å². The third kappa shape index (κ3) is 2.73. The summed E-state index contributed by atoms with van der Waals surface area (Å²) < 4.78 is 1.67. The lowest BCUT2D eigenvalue weighted by Crippen LogP contribution is -2.23. The van der Waals surface area contributed by atoms with Crippen molar-refractivity contribution in [2.45, 2.75) is 6.54 Å². The number of rotatable bonds is 4. The molecule has 4 heterocycles. The Balaban J connectivity index is 1.60. The summed E-state index contributed by atoms with van der Waals surface area (Å²) in [5.74, 6) is 0.479. The normalized spacial score (nSPS) is 11.0. The van der Waals surface area contributed by atoms with Gasteiger partial charge in [0.15, 0.2) is 11.5 Å². The van der Waals surface area contributed by atoms with Crippen LogP contribution in [0.25, 0.3) is 16.9 Å². The molecule has 0 spiro atoms. The Hall–Kier alpha value is -2.58. The molecule has 0 saturated carbocycles. The number of hydrogen-bond acceptors (Lipinski definition) is 6. The van der Waals surface area contributed by atoms with Crippen LogP contribution in [0.5, 0.6) is 0 Å². The number of amides is 1. The Kier molecular flexibility index (Phi) is 3.60. The van der Waals surface area contributed by atoms with Crippen molar-refractivity contribution in [1.29, 1.82) is 0 Å². The molecule has 8 heteroatoms. The van der Waals surface area contributed by atoms with Crippen LogP contribution in [0.2, 0.25) is 0 Å². The Morgan fingerprint density at radius 1 is 1.17 bits per heavy atom. The Morgan fingerprint density at radius 3 is 2.91 bits per heavy atom. The number of nitrogens with zero attached hydrogens (tertiary/aromatic N) is 4. The summed E-state index contributed by atoms with van der Waals surface area (Å²) in [6.07, 6.45) is 0. The molecule has 23 heavy (non-hydrogen) atoms. The zero-order chi connectivity index (χ0) is 15.6. The van der Waals surface area contributed by atoms with Crippen LogP contribution in [0.3, 0.4) is 0 Å². The molecule has 0 bridgehead atoms. The zero-order valence-electron chi connectivity index (χ0n) is 11.8. The van der Waals surface area contributed by atoms with Crippen LogP contribution < -0.4 is 5.32 Å². The van der Waals surface area contributed by atoms with Crippen molar-refractivity contribution >= 4 is 34.2 Å². The van der Waals surface area contributed by atoms with E-state index in [9.17, 15) is 4.79 Å². The van der Waals surface area contributed by atoms with E-state index in [1.807, 2.05) is 40.4 Å². The molecule has 0 fully saturated rings. The van der Waals surface area contributed by atoms with E-state index in [4.69, 9.17) is 0 Å². The van der Waals surface area contributed by atoms with Gasteiger partial charge in [-0.05, 0) is 35.0 Å². The molecule has 6 nitrogen and oxygen atoms in total. The molecule has 4 aromatic heterocycles. The molecule has 1 amide bonds. The standard InChI is InChI=1S/C15H11N5OS2/c21-15(12-2-1-6-23-12)16-8-14-18-17-13-4-3-11(19-20(13)14)10-5-7-22-9-10/h1-7,9H,8H2,(H,16,21). The predicted molar refractivity (Wildman–Crippen MR) is 89.6 cm³/mol. The Labute approximate surface area is 139 Å². The summed E-state index contributed by atoms with van der Waals surface area (Å²) in [6.45, 7) is 0.276. The van der Waals surface area contributed by atoms with Crippen molar-refractivity contribution in [1.82, 2.24) is 25.1 Å². The first-order chi connectivity index (χ1) is 11.3. The fourth-order valence-electron chi connectivity index (χ4n) is 2.16. The highest BCUT2D eigenvalue weighted by Gasteiger charge is 2.11. The molecule has 0 saturated heterocycles. The lowest BCUT2D eigenvalue weighted by molar-refractivity contribution is 0.0953. The average Bonchev–Trinajstić information content (AvgIpc) is 3.33. The first-order valence-electron chi connectivity index (χ1n) is 6.87. The molecule has 4 rings (SSSR count). The topological polar surface area (TPSA) is 72.2 Å². The molecule has 0 unspecified atom stereocenters. The van der Waals surface area contributed by atoms with Gasteiger partial charge in [-0.15, -0.1) is 21.5 Å². The number of carbonyl (C=O) groups is 1. The van der Waals surface area contributed by atoms with Crippen LogP contribution in [0.15, 0.2) is 46.5 Å². The molecule has 1 N–H and O–H groups in total. The van der Waals surface area contributed by atoms with Gasteiger partial charge < -0.3 is 5.32 Å². The van der Waals surface area contributed by atoms with E-state index in [1.165, 1.54) is 11.3 Å². The number of carbonyl (C=O) groups excluding carboxylic acids is 1. The van der Waals surface area contributed by atoms with Gasteiger partial charge in [-0.2, -0.15) is 21.0 Å². The van der Waals surface area contributed by atoms with Gasteiger partial charge in [-0.3, -0.25) is 4.79 Å². The van der Waals surface area contributed by atoms with Crippen LogP contribution in [0.4, 0.5) is 0 Å². The van der Waals surface area contributed by atoms with Crippen molar-refractivity contribution in [3.63, 3.8) is 0 Å². The summed E-state index contributed by atoms with van der Waals surface area (Å²) >= 11 is 3.03. The van der Waals surface area contributed by atoms with Crippen LogP contribution in [-0.2, 0) is 6.54 Å². The first kappa shape index (κ1) is 14.0. The third-order valence-corrected chi connectivity index (χ3v) is 4.85. The lowest BCUT2D eigenvalue weighted by atomic mass is 10.2. The summed E-state index contributed by atoms with van der Waals surface area (Å²) in [4.78, 5) is 12.7. The minimum Gasteiger partial charge on any atom is -0.344 e. The largest absolute Gasteiger partial charge is 0.344 e. The van der Waals surface area contributed by atoms with Crippen LogP contribution in [-0.4, -0.2) is 25.7 Å². The minimum absolute atomic E-state index is 0.120. The molecule has 0 radical (unpaired) electrons. The summed E-state index contributed by atoms with van der Waals surface area (Å²) in [6, 6.07) is 9.44. The van der Waals surface area contributed by atoms with Crippen LogP contribution in [0, 0.1) is 0 Å². The van der Waals surface area contributed by atoms with Gasteiger partial charge in [-0.25, -0.2) is 0 Å². The molecular formula is C15H11N5OS2. The molecule has 0 atom stereocenters. The van der Waals surface area contributed by atoms with Gasteiger partial charge >= 0.3 is 0 Å². The molecule has 0 aliphatic heterocycles. The third-order valence-electron chi connectivity index (χ3n) is 3.30. The molecular weight excluding hydrogens is 330 g/mol. The number of fused-ring (bicyclic) bond motifs is 1. The summed E-state index contributed by atoms with van der Waals surface area (Å²) in [5.41, 5.74) is 2.56. The van der Waals surface area contributed by atoms with Crippen LogP contribution in [0.1, 0.15) is 15.5 Å². The number of hydrogen-bond donors (Lipinski definition) is 1. The summed E-state index contributed by atoms with van der Waals surface area (Å²) in [7, 11) is 0. The predicted octanol–water partition coefficient (Wildman–Crippen LogP) is 2.84. The van der Waals surface area contributed by atoms with E-state index in [2.05, 4.69) is 20.6 Å². The van der Waals surface area contributed by atoms with Gasteiger partial charge in [0.2, 0.25) is 0 Å². The quantitative estimate of drug-likeness (QED) is 0.619. The van der Waals surface area contributed by atoms with Crippen molar-refractivity contribution in [2.24, 2.45) is 0 Å². The van der Waals surface area contributed by atoms with Crippen LogP contribution >= 0.6 is 22.7 Å². The van der Waals surface area contributed by atoms with E-state index >= 15 is 0 Å². The lowest BCUT2D eigenvalue weighted by Gasteiger charge is -2.03.